The lowest BCUT2D eigenvalue weighted by Gasteiger charge is -2.48. The molecule has 4 fully saturated rings. The lowest BCUT2D eigenvalue weighted by molar-refractivity contribution is -0.305. The molecule has 4 saturated heterocycles. The fourth-order valence-electron chi connectivity index (χ4n) is 10.4. The van der Waals surface area contributed by atoms with Gasteiger partial charge in [0.1, 0.15) is 48.1 Å². The van der Waals surface area contributed by atoms with Crippen LogP contribution in [0, 0.1) is 23.7 Å². The topological polar surface area (TPSA) is 167 Å². The van der Waals surface area contributed by atoms with E-state index < -0.39 is 96.9 Å². The van der Waals surface area contributed by atoms with Gasteiger partial charge in [0.15, 0.2) is 24.2 Å². The van der Waals surface area contributed by atoms with Gasteiger partial charge in [0, 0.05) is 51.7 Å². The number of methoxy groups -OCH3 is 2. The van der Waals surface area contributed by atoms with Crippen LogP contribution in [-0.2, 0) is 57.0 Å². The number of ketones is 1. The van der Waals surface area contributed by atoms with Gasteiger partial charge in [-0.2, -0.15) is 0 Å². The molecule has 0 aromatic rings. The molecular formula is C48H70O14. The van der Waals surface area contributed by atoms with E-state index in [-0.39, 0.29) is 49.1 Å². The normalized spacial score (nSPS) is 46.0. The van der Waals surface area contributed by atoms with Gasteiger partial charge in [-0.3, -0.25) is 9.59 Å². The minimum Gasteiger partial charge on any atom is -0.462 e. The summed E-state index contributed by atoms with van der Waals surface area (Å²) in [5, 5.41) is 17.7. The molecule has 14 heteroatoms. The first-order valence-electron chi connectivity index (χ1n) is 23.1. The summed E-state index contributed by atoms with van der Waals surface area (Å²) in [4.78, 5) is 27.0. The Kier molecular flexibility index (Phi) is 14.4. The molecule has 1 aliphatic carbocycles. The summed E-state index contributed by atoms with van der Waals surface area (Å²) < 4.78 is 71.4. The number of hydrogen-bond donors (Lipinski definition) is 2. The van der Waals surface area contributed by atoms with Crippen LogP contribution in [0.25, 0.3) is 0 Å². The smallest absolute Gasteiger partial charge is 0.316 e. The Morgan fingerprint density at radius 1 is 0.952 bits per heavy atom. The molecule has 62 heavy (non-hydrogen) atoms. The highest BCUT2D eigenvalue weighted by Gasteiger charge is 2.60. The van der Waals surface area contributed by atoms with Gasteiger partial charge in [-0.05, 0) is 62.8 Å². The second-order valence-electron chi connectivity index (χ2n) is 18.7. The third-order valence-electron chi connectivity index (χ3n) is 14.3. The summed E-state index contributed by atoms with van der Waals surface area (Å²) in [7, 11) is 3.14. The molecule has 15 unspecified atom stereocenters. The van der Waals surface area contributed by atoms with Crippen molar-refractivity contribution >= 4 is 11.8 Å². The third kappa shape index (κ3) is 9.53. The first-order valence-corrected chi connectivity index (χ1v) is 22.7. The van der Waals surface area contributed by atoms with E-state index in [1.807, 2.05) is 32.1 Å². The summed E-state index contributed by atoms with van der Waals surface area (Å²) >= 11 is 0. The molecule has 7 rings (SSSR count). The highest BCUT2D eigenvalue weighted by atomic mass is 16.7. The van der Waals surface area contributed by atoms with Crippen molar-refractivity contribution in [1.29, 1.82) is 1.43 Å². The monoisotopic (exact) mass is 872 g/mol. The zero-order chi connectivity index (χ0) is 45.4. The molecule has 0 saturated carbocycles. The fourth-order valence-corrected chi connectivity index (χ4v) is 10.4. The number of ether oxygens (including phenoxy) is 10. The minimum absolute atomic E-state index is 0.0302. The Bertz CT molecular complexity index is 1800. The molecule has 0 radical (unpaired) electrons. The van der Waals surface area contributed by atoms with E-state index in [1.54, 1.807) is 33.1 Å². The number of allylic oxidation sites excluding steroid dienone is 2. The number of aliphatic hydroxyl groups is 2. The number of esters is 1. The van der Waals surface area contributed by atoms with Crippen LogP contribution in [0.3, 0.4) is 0 Å². The number of Topliss-reactive ketones (excluding diaryl/α,β-unsaturated/α-hetero) is 1. The molecule has 1 spiro atoms. The quantitative estimate of drug-likeness (QED) is 0.218. The molecular weight excluding hydrogens is 801 g/mol. The van der Waals surface area contributed by atoms with E-state index in [1.165, 1.54) is 7.11 Å². The zero-order valence-electron chi connectivity index (χ0n) is 39.1. The molecule has 346 valence electrons. The Balaban J connectivity index is 1.19. The highest BCUT2D eigenvalue weighted by molar-refractivity contribution is 5.87. The Labute approximate surface area is 368 Å². The van der Waals surface area contributed by atoms with Gasteiger partial charge in [0.2, 0.25) is 1.43 Å². The first kappa shape index (κ1) is 45.9. The predicted octanol–water partition coefficient (Wildman–Crippen LogP) is 5.59. The van der Waals surface area contributed by atoms with Gasteiger partial charge in [-0.1, -0.05) is 70.6 Å². The van der Waals surface area contributed by atoms with Crippen molar-refractivity contribution in [1.82, 2.24) is 0 Å². The Hall–Kier alpha value is -2.60. The van der Waals surface area contributed by atoms with Crippen LogP contribution < -0.4 is 0 Å². The average Bonchev–Trinajstić information content (AvgIpc) is 3.59. The van der Waals surface area contributed by atoms with Crippen molar-refractivity contribution in [3.63, 3.8) is 0 Å². The molecule has 6 aliphatic heterocycles. The van der Waals surface area contributed by atoms with Gasteiger partial charge in [0.25, 0.3) is 0 Å². The second kappa shape index (κ2) is 19.5. The zero-order valence-corrected chi connectivity index (χ0v) is 38.1. The number of rotatable bonds is 9. The first-order chi connectivity index (χ1) is 30.0. The van der Waals surface area contributed by atoms with Crippen LogP contribution in [0.5, 0.6) is 0 Å². The van der Waals surface area contributed by atoms with Gasteiger partial charge in [-0.25, -0.2) is 0 Å². The van der Waals surface area contributed by atoms with E-state index in [0.717, 1.165) is 12.0 Å². The van der Waals surface area contributed by atoms with Crippen molar-refractivity contribution in [3.8, 4) is 0 Å². The Morgan fingerprint density at radius 2 is 1.73 bits per heavy atom. The maximum atomic E-state index is 14.4. The number of hydrogen-bond acceptors (Lipinski definition) is 14. The fraction of sp³-hybridized carbons (Fsp3) is 0.750. The predicted molar refractivity (Wildman–Crippen MR) is 226 cm³/mol. The van der Waals surface area contributed by atoms with Crippen LogP contribution in [0.4, 0.5) is 0 Å². The molecule has 14 nitrogen and oxygen atoms in total. The molecule has 0 aromatic carbocycles. The molecule has 0 amide bonds. The van der Waals surface area contributed by atoms with Crippen LogP contribution in [0.15, 0.2) is 59.3 Å². The number of fused-ring (bicyclic) bond motifs is 2. The molecule has 0 aromatic heterocycles. The average molecular weight is 873 g/mol. The van der Waals surface area contributed by atoms with E-state index in [9.17, 15) is 14.7 Å². The molecule has 2 N–H and O–H groups in total. The maximum Gasteiger partial charge on any atom is 0.316 e. The Morgan fingerprint density at radius 3 is 2.45 bits per heavy atom. The summed E-state index contributed by atoms with van der Waals surface area (Å²) in [5.74, 6) is -2.72. The summed E-state index contributed by atoms with van der Waals surface area (Å²) in [5.41, 5.74) is 0.194. The maximum absolute atomic E-state index is 14.4. The van der Waals surface area contributed by atoms with Crippen molar-refractivity contribution in [2.75, 3.05) is 20.8 Å². The highest BCUT2D eigenvalue weighted by Crippen LogP contribution is 2.47. The molecule has 7 aliphatic rings. The van der Waals surface area contributed by atoms with E-state index in [2.05, 4.69) is 39.8 Å². The van der Waals surface area contributed by atoms with Gasteiger partial charge < -0.3 is 57.6 Å². The number of carbonyl (C=O) groups excluding carboxylic acids is 2. The van der Waals surface area contributed by atoms with Gasteiger partial charge in [0.05, 0.1) is 37.1 Å². The van der Waals surface area contributed by atoms with Gasteiger partial charge in [-0.15, -0.1) is 0 Å². The molecule has 6 heterocycles. The van der Waals surface area contributed by atoms with Crippen molar-refractivity contribution in [3.05, 3.63) is 59.3 Å². The van der Waals surface area contributed by atoms with Gasteiger partial charge >= 0.3 is 5.97 Å². The minimum atomic E-state index is -1.83. The van der Waals surface area contributed by atoms with E-state index in [0.29, 0.717) is 30.4 Å². The number of carbonyl (C=O) groups is 2. The van der Waals surface area contributed by atoms with Crippen molar-refractivity contribution < 1.29 is 67.2 Å². The van der Waals surface area contributed by atoms with Crippen LogP contribution in [-0.4, -0.2) is 135 Å². The third-order valence-corrected chi connectivity index (χ3v) is 14.3. The van der Waals surface area contributed by atoms with E-state index >= 15 is 0 Å². The lowest BCUT2D eigenvalue weighted by Crippen LogP contribution is -2.58. The van der Waals surface area contributed by atoms with Crippen LogP contribution >= 0.6 is 0 Å². The summed E-state index contributed by atoms with van der Waals surface area (Å²) in [6.45, 7) is 16.0. The van der Waals surface area contributed by atoms with Crippen LogP contribution in [0.2, 0.25) is 0 Å². The molecule has 2 bridgehead atoms. The van der Waals surface area contributed by atoms with Crippen molar-refractivity contribution in [2.24, 2.45) is 23.7 Å². The lowest BCUT2D eigenvalue weighted by atomic mass is 9.71. The largest absolute Gasteiger partial charge is 0.462 e. The summed E-state index contributed by atoms with van der Waals surface area (Å²) in [6.07, 6.45) is 8.82. The van der Waals surface area contributed by atoms with Crippen LogP contribution in [0.1, 0.15) is 93.9 Å². The van der Waals surface area contributed by atoms with E-state index in [4.69, 9.17) is 53.9 Å². The summed E-state index contributed by atoms with van der Waals surface area (Å²) in [6, 6.07) is 0. The second-order valence-corrected chi connectivity index (χ2v) is 18.7. The number of aliphatic hydroxyl groups excluding tert-OH is 1. The SMILES string of the molecule is [3H]OC1C(C)=CC2C(=O)OC3CC(CC=C(C)C(O[C@H]4CC(OC)C(O[C@H]5CC(OC)C(=O)C(C)O5)C(C)O4)C(C)C=CC=C4COC1[C@@]42O)OC1(C=C[C@H](C)C(C(C)CC)O1)C3. The van der Waals surface area contributed by atoms with Crippen molar-refractivity contribution in [2.45, 2.75) is 185 Å². The molecule has 19 atom stereocenters. The standard InChI is InChI=1S/C48H70O14/c1-11-25(2)43-28(5)17-18-47(62-43)23-34-20-33(61-47)16-15-27(4)42(26(3)13-12-14-32-24-55-45-40(49)29(6)19-35(46(51)58-34)48(32,45)52)59-39-22-37(54-10)44(31(8)57-39)60-38-21-36(53-9)41(50)30(7)56-38/h12-15,17-19,25-26,28,30-31,33-40,42-45,49,52H,11,16,20-24H2,1-10H3/t25?,26?,28-,30?,31?,33?,34?,35?,36?,37?,38-,39-,40?,42?,43?,44?,45?,47?,48+/m0/s1/i49T.